The number of hydrogen-bond acceptors (Lipinski definition) is 5. The molecule has 0 radical (unpaired) electrons. The monoisotopic (exact) mass is 298 g/mol. The van der Waals surface area contributed by atoms with E-state index in [0.717, 1.165) is 31.0 Å². The summed E-state index contributed by atoms with van der Waals surface area (Å²) in [6, 6.07) is 6.13. The Bertz CT molecular complexity index is 779. The molecule has 0 aromatic carbocycles. The average Bonchev–Trinajstić information content (AvgIpc) is 3.15. The quantitative estimate of drug-likeness (QED) is 0.723. The van der Waals surface area contributed by atoms with Crippen molar-refractivity contribution in [2.24, 2.45) is 7.05 Å². The normalized spacial score (nSPS) is 19.8. The Morgan fingerprint density at radius 2 is 2.32 bits per heavy atom. The largest absolute Gasteiger partial charge is 0.368 e. The predicted octanol–water partition coefficient (Wildman–Crippen LogP) is 1.04. The molecule has 4 heterocycles. The third-order valence-corrected chi connectivity index (χ3v) is 4.09. The minimum Gasteiger partial charge on any atom is -0.368 e. The summed E-state index contributed by atoms with van der Waals surface area (Å²) in [7, 11) is 1.95. The van der Waals surface area contributed by atoms with Crippen LogP contribution in [0.1, 0.15) is 17.5 Å². The molecule has 1 aliphatic rings. The molecular formula is C15H18N6O. The highest BCUT2D eigenvalue weighted by molar-refractivity contribution is 5.53. The lowest BCUT2D eigenvalue weighted by Gasteiger charge is -2.32. The molecule has 4 rings (SSSR count). The summed E-state index contributed by atoms with van der Waals surface area (Å²) in [6.07, 6.45) is 5.61. The minimum absolute atomic E-state index is 0.0249. The summed E-state index contributed by atoms with van der Waals surface area (Å²) in [4.78, 5) is 2.38. The summed E-state index contributed by atoms with van der Waals surface area (Å²) >= 11 is 0. The SMILES string of the molecule is Cn1cnnc1[C@H]1CN(Cc2cnn3ccccc23)CCO1. The third kappa shape index (κ3) is 2.38. The first kappa shape index (κ1) is 13.4. The maximum atomic E-state index is 5.85. The van der Waals surface area contributed by atoms with Gasteiger partial charge in [-0.3, -0.25) is 4.90 Å². The molecule has 114 valence electrons. The summed E-state index contributed by atoms with van der Waals surface area (Å²) < 4.78 is 9.69. The lowest BCUT2D eigenvalue weighted by molar-refractivity contribution is -0.0384. The van der Waals surface area contributed by atoms with E-state index in [2.05, 4.69) is 26.3 Å². The Kier molecular flexibility index (Phi) is 3.36. The minimum atomic E-state index is -0.0249. The van der Waals surface area contributed by atoms with Crippen LogP contribution in [0.15, 0.2) is 36.9 Å². The van der Waals surface area contributed by atoms with Gasteiger partial charge in [0.25, 0.3) is 0 Å². The van der Waals surface area contributed by atoms with E-state index in [1.165, 1.54) is 5.56 Å². The molecule has 0 unspecified atom stereocenters. The van der Waals surface area contributed by atoms with Crippen LogP contribution in [0.3, 0.4) is 0 Å². The highest BCUT2D eigenvalue weighted by Crippen LogP contribution is 2.22. The number of fused-ring (bicyclic) bond motifs is 1. The first-order valence-corrected chi connectivity index (χ1v) is 7.40. The van der Waals surface area contributed by atoms with Gasteiger partial charge in [-0.05, 0) is 12.1 Å². The molecule has 0 saturated carbocycles. The molecule has 3 aromatic heterocycles. The molecule has 22 heavy (non-hydrogen) atoms. The second-order valence-corrected chi connectivity index (χ2v) is 5.59. The molecule has 7 nitrogen and oxygen atoms in total. The number of nitrogens with zero attached hydrogens (tertiary/aromatic N) is 6. The third-order valence-electron chi connectivity index (χ3n) is 4.09. The number of morpholine rings is 1. The van der Waals surface area contributed by atoms with Gasteiger partial charge < -0.3 is 9.30 Å². The fourth-order valence-electron chi connectivity index (χ4n) is 2.94. The van der Waals surface area contributed by atoms with Gasteiger partial charge in [-0.25, -0.2) is 4.52 Å². The predicted molar refractivity (Wildman–Crippen MR) is 80.2 cm³/mol. The van der Waals surface area contributed by atoms with Gasteiger partial charge in [0.05, 0.1) is 18.3 Å². The molecule has 3 aromatic rings. The van der Waals surface area contributed by atoms with Crippen LogP contribution < -0.4 is 0 Å². The van der Waals surface area contributed by atoms with Gasteiger partial charge in [-0.1, -0.05) is 6.07 Å². The van der Waals surface area contributed by atoms with Crippen LogP contribution in [0, 0.1) is 0 Å². The maximum Gasteiger partial charge on any atom is 0.163 e. The van der Waals surface area contributed by atoms with Crippen LogP contribution in [0.4, 0.5) is 0 Å². The lowest BCUT2D eigenvalue weighted by Crippen LogP contribution is -2.38. The summed E-state index contributed by atoms with van der Waals surface area (Å²) in [5.41, 5.74) is 2.39. The highest BCUT2D eigenvalue weighted by atomic mass is 16.5. The van der Waals surface area contributed by atoms with E-state index in [4.69, 9.17) is 4.74 Å². The fraction of sp³-hybridized carbons (Fsp3) is 0.400. The second-order valence-electron chi connectivity index (χ2n) is 5.59. The zero-order chi connectivity index (χ0) is 14.9. The molecule has 1 saturated heterocycles. The smallest absolute Gasteiger partial charge is 0.163 e. The van der Waals surface area contributed by atoms with Crippen molar-refractivity contribution in [3.63, 3.8) is 0 Å². The van der Waals surface area contributed by atoms with Crippen molar-refractivity contribution < 1.29 is 4.74 Å². The molecule has 1 aliphatic heterocycles. The standard InChI is InChI=1S/C15H18N6O/c1-19-11-16-18-15(19)14-10-20(6-7-22-14)9-12-8-17-21-5-3-2-4-13(12)21/h2-5,8,11,14H,6-7,9-10H2,1H3/t14-/m1/s1. The van der Waals surface area contributed by atoms with E-state index in [0.29, 0.717) is 6.61 Å². The van der Waals surface area contributed by atoms with Crippen LogP contribution in [0.2, 0.25) is 0 Å². The number of pyridine rings is 1. The van der Waals surface area contributed by atoms with Crippen LogP contribution >= 0.6 is 0 Å². The Balaban J connectivity index is 1.52. The highest BCUT2D eigenvalue weighted by Gasteiger charge is 2.25. The number of rotatable bonds is 3. The summed E-state index contributed by atoms with van der Waals surface area (Å²) in [5.74, 6) is 0.879. The van der Waals surface area contributed by atoms with E-state index in [1.807, 2.05) is 40.7 Å². The van der Waals surface area contributed by atoms with Gasteiger partial charge in [0.2, 0.25) is 0 Å². The molecule has 1 fully saturated rings. The summed E-state index contributed by atoms with van der Waals surface area (Å²) in [6.45, 7) is 3.30. The van der Waals surface area contributed by atoms with Gasteiger partial charge in [-0.15, -0.1) is 10.2 Å². The molecule has 0 N–H and O–H groups in total. The molecule has 1 atom stereocenters. The molecule has 0 spiro atoms. The fourth-order valence-corrected chi connectivity index (χ4v) is 2.94. The Morgan fingerprint density at radius 1 is 1.36 bits per heavy atom. The zero-order valence-corrected chi connectivity index (χ0v) is 12.5. The second kappa shape index (κ2) is 5.51. The van der Waals surface area contributed by atoms with Gasteiger partial charge in [0.1, 0.15) is 12.4 Å². The van der Waals surface area contributed by atoms with Crippen molar-refractivity contribution >= 4 is 5.52 Å². The van der Waals surface area contributed by atoms with E-state index in [-0.39, 0.29) is 6.10 Å². The lowest BCUT2D eigenvalue weighted by atomic mass is 10.2. The van der Waals surface area contributed by atoms with Gasteiger partial charge in [0.15, 0.2) is 5.82 Å². The van der Waals surface area contributed by atoms with Gasteiger partial charge in [-0.2, -0.15) is 5.10 Å². The van der Waals surface area contributed by atoms with Crippen molar-refractivity contribution in [3.8, 4) is 0 Å². The van der Waals surface area contributed by atoms with Crippen molar-refractivity contribution in [3.05, 3.63) is 48.3 Å². The van der Waals surface area contributed by atoms with Crippen LogP contribution in [-0.4, -0.2) is 49.0 Å². The zero-order valence-electron chi connectivity index (χ0n) is 12.5. The molecule has 0 amide bonds. The average molecular weight is 298 g/mol. The van der Waals surface area contributed by atoms with Crippen molar-refractivity contribution in [1.82, 2.24) is 29.3 Å². The van der Waals surface area contributed by atoms with Crippen molar-refractivity contribution in [2.75, 3.05) is 19.7 Å². The number of aryl methyl sites for hydroxylation is 1. The van der Waals surface area contributed by atoms with Crippen LogP contribution in [0.25, 0.3) is 5.52 Å². The maximum absolute atomic E-state index is 5.85. The van der Waals surface area contributed by atoms with Gasteiger partial charge >= 0.3 is 0 Å². The first-order valence-electron chi connectivity index (χ1n) is 7.40. The Hall–Kier alpha value is -2.25. The molecular weight excluding hydrogens is 280 g/mol. The molecule has 0 bridgehead atoms. The number of ether oxygens (including phenoxy) is 1. The Morgan fingerprint density at radius 3 is 3.18 bits per heavy atom. The number of aromatic nitrogens is 5. The van der Waals surface area contributed by atoms with Crippen molar-refractivity contribution in [1.29, 1.82) is 0 Å². The molecule has 0 aliphatic carbocycles. The first-order chi connectivity index (χ1) is 10.8. The summed E-state index contributed by atoms with van der Waals surface area (Å²) in [5, 5.41) is 12.5. The van der Waals surface area contributed by atoms with E-state index in [9.17, 15) is 0 Å². The number of hydrogen-bond donors (Lipinski definition) is 0. The van der Waals surface area contributed by atoms with Crippen molar-refractivity contribution in [2.45, 2.75) is 12.6 Å². The van der Waals surface area contributed by atoms with Crippen LogP contribution in [-0.2, 0) is 18.3 Å². The van der Waals surface area contributed by atoms with E-state index in [1.54, 1.807) is 6.33 Å². The Labute approximate surface area is 128 Å². The van der Waals surface area contributed by atoms with Gasteiger partial charge in [0, 0.05) is 38.4 Å². The molecule has 7 heteroatoms. The van der Waals surface area contributed by atoms with E-state index < -0.39 is 0 Å². The van der Waals surface area contributed by atoms with E-state index >= 15 is 0 Å². The van der Waals surface area contributed by atoms with Crippen LogP contribution in [0.5, 0.6) is 0 Å². The topological polar surface area (TPSA) is 60.5 Å².